The molecular weight excluding hydrogens is 242 g/mol. The Hall–Kier alpha value is -1.68. The molecule has 0 aliphatic heterocycles. The number of hydrogen-bond acceptors (Lipinski definition) is 3. The van der Waals surface area contributed by atoms with E-state index in [2.05, 4.69) is 5.32 Å². The maximum atomic E-state index is 11.9. The molecule has 1 aliphatic carbocycles. The molecule has 1 amide bonds. The number of amides is 1. The van der Waals surface area contributed by atoms with Crippen molar-refractivity contribution in [3.05, 3.63) is 35.4 Å². The van der Waals surface area contributed by atoms with Gasteiger partial charge in [-0.2, -0.15) is 0 Å². The van der Waals surface area contributed by atoms with E-state index in [1.54, 1.807) is 24.3 Å². The van der Waals surface area contributed by atoms with Crippen molar-refractivity contribution in [3.8, 4) is 0 Å². The molecule has 4 heteroatoms. The topological polar surface area (TPSA) is 66.4 Å². The highest BCUT2D eigenvalue weighted by atomic mass is 16.3. The number of Topliss-reactive ketones (excluding diaryl/α,β-unsaturated/α-hetero) is 1. The molecule has 0 atom stereocenters. The fourth-order valence-corrected chi connectivity index (χ4v) is 2.41. The molecule has 1 aromatic carbocycles. The molecule has 0 bridgehead atoms. The van der Waals surface area contributed by atoms with Crippen molar-refractivity contribution in [2.45, 2.75) is 38.2 Å². The predicted molar refractivity (Wildman–Crippen MR) is 72.2 cm³/mol. The summed E-state index contributed by atoms with van der Waals surface area (Å²) in [6.07, 6.45) is 3.52. The van der Waals surface area contributed by atoms with Crippen LogP contribution in [0.25, 0.3) is 0 Å². The molecule has 0 radical (unpaired) electrons. The first-order valence-corrected chi connectivity index (χ1v) is 6.62. The molecule has 2 rings (SSSR count). The minimum absolute atomic E-state index is 0.0211. The van der Waals surface area contributed by atoms with Crippen molar-refractivity contribution < 1.29 is 14.7 Å². The standard InChI is InChI=1S/C15H19NO3/c1-11(17)12-4-6-13(7-5-12)14(18)16-10-15(19)8-2-3-9-15/h4-7,19H,2-3,8-10H2,1H3,(H,16,18). The molecule has 0 saturated heterocycles. The number of rotatable bonds is 4. The molecule has 0 unspecified atom stereocenters. The molecule has 4 nitrogen and oxygen atoms in total. The molecule has 1 fully saturated rings. The quantitative estimate of drug-likeness (QED) is 0.814. The molecule has 19 heavy (non-hydrogen) atoms. The highest BCUT2D eigenvalue weighted by molar-refractivity contribution is 5.97. The average molecular weight is 261 g/mol. The lowest BCUT2D eigenvalue weighted by molar-refractivity contribution is 0.0449. The van der Waals surface area contributed by atoms with Crippen LogP contribution in [0.5, 0.6) is 0 Å². The van der Waals surface area contributed by atoms with Crippen molar-refractivity contribution >= 4 is 11.7 Å². The van der Waals surface area contributed by atoms with Crippen LogP contribution in [0.4, 0.5) is 0 Å². The molecule has 2 N–H and O–H groups in total. The Kier molecular flexibility index (Phi) is 4.00. The van der Waals surface area contributed by atoms with E-state index in [9.17, 15) is 14.7 Å². The van der Waals surface area contributed by atoms with Crippen LogP contribution in [0.15, 0.2) is 24.3 Å². The Morgan fingerprint density at radius 3 is 2.21 bits per heavy atom. The maximum absolute atomic E-state index is 11.9. The second-order valence-electron chi connectivity index (χ2n) is 5.25. The minimum atomic E-state index is -0.741. The number of ketones is 1. The van der Waals surface area contributed by atoms with Gasteiger partial charge in [-0.3, -0.25) is 9.59 Å². The SMILES string of the molecule is CC(=O)c1ccc(C(=O)NCC2(O)CCCC2)cc1. The summed E-state index contributed by atoms with van der Waals surface area (Å²) in [7, 11) is 0. The number of hydrogen-bond donors (Lipinski definition) is 2. The van der Waals surface area contributed by atoms with Crippen LogP contribution in [0.2, 0.25) is 0 Å². The molecule has 1 aliphatic rings. The van der Waals surface area contributed by atoms with Crippen LogP contribution >= 0.6 is 0 Å². The normalized spacial score (nSPS) is 17.2. The zero-order chi connectivity index (χ0) is 13.9. The van der Waals surface area contributed by atoms with Gasteiger partial charge in [0.1, 0.15) is 0 Å². The average Bonchev–Trinajstić information content (AvgIpc) is 2.83. The van der Waals surface area contributed by atoms with Gasteiger partial charge in [0.05, 0.1) is 5.60 Å². The monoisotopic (exact) mass is 261 g/mol. The summed E-state index contributed by atoms with van der Waals surface area (Å²) >= 11 is 0. The third kappa shape index (κ3) is 3.41. The van der Waals surface area contributed by atoms with E-state index in [0.717, 1.165) is 25.7 Å². The van der Waals surface area contributed by atoms with Gasteiger partial charge in [-0.25, -0.2) is 0 Å². The van der Waals surface area contributed by atoms with Gasteiger partial charge < -0.3 is 10.4 Å². The third-order valence-corrected chi connectivity index (χ3v) is 3.67. The van der Waals surface area contributed by atoms with Crippen molar-refractivity contribution in [2.75, 3.05) is 6.54 Å². The largest absolute Gasteiger partial charge is 0.388 e. The fraction of sp³-hybridized carbons (Fsp3) is 0.467. The van der Waals surface area contributed by atoms with E-state index in [1.807, 2.05) is 0 Å². The molecule has 0 heterocycles. The summed E-state index contributed by atoms with van der Waals surface area (Å²) in [6, 6.07) is 6.54. The second-order valence-corrected chi connectivity index (χ2v) is 5.25. The lowest BCUT2D eigenvalue weighted by Gasteiger charge is -2.22. The Balaban J connectivity index is 1.94. The molecular formula is C15H19NO3. The van der Waals surface area contributed by atoms with Gasteiger partial charge in [-0.1, -0.05) is 25.0 Å². The van der Waals surface area contributed by atoms with E-state index in [4.69, 9.17) is 0 Å². The van der Waals surface area contributed by atoms with E-state index in [-0.39, 0.29) is 11.7 Å². The summed E-state index contributed by atoms with van der Waals surface area (Å²) < 4.78 is 0. The smallest absolute Gasteiger partial charge is 0.251 e. The van der Waals surface area contributed by atoms with Gasteiger partial charge in [-0.05, 0) is 31.9 Å². The summed E-state index contributed by atoms with van der Waals surface area (Å²) in [4.78, 5) is 23.1. The van der Waals surface area contributed by atoms with Crippen molar-refractivity contribution in [2.24, 2.45) is 0 Å². The maximum Gasteiger partial charge on any atom is 0.251 e. The van der Waals surface area contributed by atoms with E-state index in [0.29, 0.717) is 17.7 Å². The molecule has 0 spiro atoms. The van der Waals surface area contributed by atoms with Crippen LogP contribution in [0, 0.1) is 0 Å². The van der Waals surface area contributed by atoms with Crippen LogP contribution in [-0.4, -0.2) is 28.9 Å². The summed E-state index contributed by atoms with van der Waals surface area (Å²) in [5, 5.41) is 12.9. The number of aliphatic hydroxyl groups is 1. The third-order valence-electron chi connectivity index (χ3n) is 3.67. The highest BCUT2D eigenvalue weighted by Crippen LogP contribution is 2.28. The van der Waals surface area contributed by atoms with Crippen LogP contribution in [0.3, 0.4) is 0 Å². The number of carbonyl (C=O) groups is 2. The van der Waals surface area contributed by atoms with E-state index >= 15 is 0 Å². The number of nitrogens with one attached hydrogen (secondary N) is 1. The van der Waals surface area contributed by atoms with Gasteiger partial charge in [0, 0.05) is 17.7 Å². The Bertz CT molecular complexity index is 473. The van der Waals surface area contributed by atoms with Crippen molar-refractivity contribution in [3.63, 3.8) is 0 Å². The zero-order valence-corrected chi connectivity index (χ0v) is 11.1. The molecule has 1 aromatic rings. The Morgan fingerprint density at radius 1 is 1.16 bits per heavy atom. The zero-order valence-electron chi connectivity index (χ0n) is 11.1. The highest BCUT2D eigenvalue weighted by Gasteiger charge is 2.31. The van der Waals surface area contributed by atoms with E-state index < -0.39 is 5.60 Å². The van der Waals surface area contributed by atoms with E-state index in [1.165, 1.54) is 6.92 Å². The second kappa shape index (κ2) is 5.53. The Morgan fingerprint density at radius 2 is 1.68 bits per heavy atom. The molecule has 0 aromatic heterocycles. The summed E-state index contributed by atoms with van der Waals surface area (Å²) in [5.74, 6) is -0.234. The van der Waals surface area contributed by atoms with Crippen LogP contribution in [-0.2, 0) is 0 Å². The van der Waals surface area contributed by atoms with Crippen LogP contribution in [0.1, 0.15) is 53.3 Å². The van der Waals surface area contributed by atoms with Gasteiger partial charge in [0.25, 0.3) is 5.91 Å². The summed E-state index contributed by atoms with van der Waals surface area (Å²) in [6.45, 7) is 1.78. The fourth-order valence-electron chi connectivity index (χ4n) is 2.41. The first-order valence-electron chi connectivity index (χ1n) is 6.62. The minimum Gasteiger partial charge on any atom is -0.388 e. The lowest BCUT2D eigenvalue weighted by atomic mass is 10.0. The van der Waals surface area contributed by atoms with Crippen molar-refractivity contribution in [1.82, 2.24) is 5.32 Å². The lowest BCUT2D eigenvalue weighted by Crippen LogP contribution is -2.40. The van der Waals surface area contributed by atoms with Gasteiger partial charge in [0.15, 0.2) is 5.78 Å². The van der Waals surface area contributed by atoms with Gasteiger partial charge in [-0.15, -0.1) is 0 Å². The number of benzene rings is 1. The van der Waals surface area contributed by atoms with Gasteiger partial charge in [0.2, 0.25) is 0 Å². The molecule has 102 valence electrons. The van der Waals surface area contributed by atoms with Crippen molar-refractivity contribution in [1.29, 1.82) is 0 Å². The first-order chi connectivity index (χ1) is 9.00. The first kappa shape index (κ1) is 13.7. The predicted octanol–water partition coefficient (Wildman–Crippen LogP) is 1.92. The Labute approximate surface area is 112 Å². The molecule has 1 saturated carbocycles. The van der Waals surface area contributed by atoms with Gasteiger partial charge >= 0.3 is 0 Å². The summed E-state index contributed by atoms with van der Waals surface area (Å²) in [5.41, 5.74) is 0.354. The van der Waals surface area contributed by atoms with Crippen LogP contribution < -0.4 is 5.32 Å². The number of carbonyl (C=O) groups excluding carboxylic acids is 2.